The smallest absolute Gasteiger partial charge is 0.266 e. The van der Waals surface area contributed by atoms with Crippen molar-refractivity contribution in [1.82, 2.24) is 0 Å². The molecular weight excluding hydrogens is 180 g/mol. The van der Waals surface area contributed by atoms with Crippen molar-refractivity contribution >= 4 is 0 Å². The summed E-state index contributed by atoms with van der Waals surface area (Å²) < 4.78 is 14.2. The van der Waals surface area contributed by atoms with E-state index in [4.69, 9.17) is 24.8 Å². The fourth-order valence-electron chi connectivity index (χ4n) is 0.599. The summed E-state index contributed by atoms with van der Waals surface area (Å²) in [5.74, 6) is 0. The van der Waals surface area contributed by atoms with E-state index in [1.54, 1.807) is 0 Å². The Hall–Kier alpha value is -0.240. The Labute approximate surface area is 76.7 Å². The van der Waals surface area contributed by atoms with Crippen molar-refractivity contribution in [3.05, 3.63) is 0 Å². The normalized spacial score (nSPS) is 11.1. The van der Waals surface area contributed by atoms with Gasteiger partial charge in [0, 0.05) is 0 Å². The summed E-state index contributed by atoms with van der Waals surface area (Å²) in [6.07, 6.45) is 0. The van der Waals surface area contributed by atoms with Gasteiger partial charge >= 0.3 is 0 Å². The molecule has 3 N–H and O–H groups in total. The molecule has 6 nitrogen and oxygen atoms in total. The highest BCUT2D eigenvalue weighted by Crippen LogP contribution is 1.82. The summed E-state index contributed by atoms with van der Waals surface area (Å²) in [6.45, 7) is -0.242. The molecule has 6 heteroatoms. The first kappa shape index (κ1) is 12.8. The van der Waals surface area contributed by atoms with Crippen LogP contribution >= 0.6 is 0 Å². The fourth-order valence-corrected chi connectivity index (χ4v) is 0.599. The van der Waals surface area contributed by atoms with Crippen molar-refractivity contribution in [2.75, 3.05) is 39.6 Å². The van der Waals surface area contributed by atoms with Crippen LogP contribution in [-0.2, 0) is 14.2 Å². The molecule has 0 fully saturated rings. The van der Waals surface area contributed by atoms with Gasteiger partial charge in [-0.05, 0) is 0 Å². The molecule has 80 valence electrons. The van der Waals surface area contributed by atoms with Crippen LogP contribution in [-0.4, -0.2) is 61.4 Å². The first-order valence-corrected chi connectivity index (χ1v) is 4.01. The highest BCUT2D eigenvalue weighted by Gasteiger charge is 1.95. The van der Waals surface area contributed by atoms with E-state index < -0.39 is 6.48 Å². The summed E-state index contributed by atoms with van der Waals surface area (Å²) in [4.78, 5) is 0. The van der Waals surface area contributed by atoms with Gasteiger partial charge in [0.05, 0.1) is 39.6 Å². The van der Waals surface area contributed by atoms with Crippen LogP contribution in [0, 0.1) is 0 Å². The Morgan fingerprint density at radius 3 is 1.92 bits per heavy atom. The summed E-state index contributed by atoms with van der Waals surface area (Å²) in [6, 6.07) is 0. The number of rotatable bonds is 9. The topological polar surface area (TPSA) is 88.4 Å². The van der Waals surface area contributed by atoms with E-state index in [2.05, 4.69) is 4.74 Å². The molecule has 0 aromatic rings. The summed E-state index contributed by atoms with van der Waals surface area (Å²) in [5, 5.41) is 24.8. The minimum atomic E-state index is -1.74. The molecule has 0 saturated heterocycles. The maximum atomic E-state index is 8.33. The number of hydrogen-bond donors (Lipinski definition) is 3. The maximum absolute atomic E-state index is 8.33. The van der Waals surface area contributed by atoms with E-state index in [0.717, 1.165) is 0 Å². The first-order chi connectivity index (χ1) is 6.27. The van der Waals surface area contributed by atoms with Gasteiger partial charge in [0.2, 0.25) is 0 Å². The molecule has 0 spiro atoms. The van der Waals surface area contributed by atoms with Crippen LogP contribution in [0.2, 0.25) is 0 Å². The van der Waals surface area contributed by atoms with Gasteiger partial charge in [0.25, 0.3) is 6.48 Å². The van der Waals surface area contributed by atoms with Gasteiger partial charge in [-0.1, -0.05) is 0 Å². The van der Waals surface area contributed by atoms with Gasteiger partial charge in [0.15, 0.2) is 0 Å². The van der Waals surface area contributed by atoms with Crippen molar-refractivity contribution < 1.29 is 29.5 Å². The molecule has 13 heavy (non-hydrogen) atoms. The number of ether oxygens (including phenoxy) is 3. The number of aliphatic hydroxyl groups excluding tert-OH is 2. The minimum Gasteiger partial charge on any atom is -0.394 e. The van der Waals surface area contributed by atoms with E-state index >= 15 is 0 Å². The molecular formula is C7H16O6. The lowest BCUT2D eigenvalue weighted by atomic mass is 10.7. The Balaban J connectivity index is 2.84. The van der Waals surface area contributed by atoms with Gasteiger partial charge in [0.1, 0.15) is 0 Å². The average Bonchev–Trinajstić information content (AvgIpc) is 2.09. The quantitative estimate of drug-likeness (QED) is 0.301. The molecule has 0 aliphatic carbocycles. The molecule has 0 heterocycles. The van der Waals surface area contributed by atoms with Crippen LogP contribution in [0.1, 0.15) is 0 Å². The van der Waals surface area contributed by atoms with Gasteiger partial charge in [-0.25, -0.2) is 0 Å². The average molecular weight is 196 g/mol. The van der Waals surface area contributed by atoms with Gasteiger partial charge in [-0.15, -0.1) is 0 Å². The van der Waals surface area contributed by atoms with Crippen molar-refractivity contribution in [1.29, 1.82) is 0 Å². The summed E-state index contributed by atoms with van der Waals surface area (Å²) in [7, 11) is 0. The molecule has 0 aliphatic heterocycles. The van der Waals surface area contributed by atoms with Crippen LogP contribution in [0.25, 0.3) is 0 Å². The zero-order valence-corrected chi connectivity index (χ0v) is 7.39. The van der Waals surface area contributed by atoms with E-state index in [9.17, 15) is 0 Å². The molecule has 0 aliphatic rings. The Morgan fingerprint density at radius 1 is 0.846 bits per heavy atom. The van der Waals surface area contributed by atoms with Gasteiger partial charge < -0.3 is 29.5 Å². The highest BCUT2D eigenvalue weighted by atomic mass is 16.7. The van der Waals surface area contributed by atoms with Crippen molar-refractivity contribution in [2.24, 2.45) is 0 Å². The predicted molar refractivity (Wildman–Crippen MR) is 42.9 cm³/mol. The van der Waals surface area contributed by atoms with Gasteiger partial charge in [-0.2, -0.15) is 0 Å². The van der Waals surface area contributed by atoms with E-state index in [0.29, 0.717) is 19.8 Å². The second kappa shape index (κ2) is 9.85. The largest absolute Gasteiger partial charge is 0.394 e. The number of aliphatic hydroxyl groups is 3. The predicted octanol–water partition coefficient (Wildman–Crippen LogP) is -1.70. The molecule has 0 radical (unpaired) electrons. The molecule has 0 saturated carbocycles. The molecule has 0 atom stereocenters. The lowest BCUT2D eigenvalue weighted by molar-refractivity contribution is -0.238. The third kappa shape index (κ3) is 11.8. The van der Waals surface area contributed by atoms with Gasteiger partial charge in [-0.3, -0.25) is 0 Å². The van der Waals surface area contributed by atoms with Crippen molar-refractivity contribution in [3.63, 3.8) is 0 Å². The van der Waals surface area contributed by atoms with Crippen LogP contribution in [0.4, 0.5) is 0 Å². The molecule has 0 aromatic carbocycles. The maximum Gasteiger partial charge on any atom is 0.266 e. The highest BCUT2D eigenvalue weighted by molar-refractivity contribution is 4.32. The third-order valence-electron chi connectivity index (χ3n) is 1.10. The van der Waals surface area contributed by atoms with E-state index in [1.807, 2.05) is 0 Å². The molecule has 0 unspecified atom stereocenters. The zero-order valence-electron chi connectivity index (χ0n) is 7.39. The van der Waals surface area contributed by atoms with Crippen LogP contribution in [0.3, 0.4) is 0 Å². The summed E-state index contributed by atoms with van der Waals surface area (Å²) >= 11 is 0. The number of hydrogen-bond acceptors (Lipinski definition) is 6. The fraction of sp³-hybridized carbons (Fsp3) is 1.00. The second-order valence-electron chi connectivity index (χ2n) is 2.15. The van der Waals surface area contributed by atoms with E-state index in [-0.39, 0.29) is 19.8 Å². The minimum absolute atomic E-state index is 0.000183. The molecule has 0 amide bonds. The molecule has 0 bridgehead atoms. The van der Waals surface area contributed by atoms with Crippen LogP contribution < -0.4 is 0 Å². The molecule has 0 rings (SSSR count). The second-order valence-corrected chi connectivity index (χ2v) is 2.15. The Kier molecular flexibility index (Phi) is 9.66. The Bertz CT molecular complexity index is 97.0. The summed E-state index contributed by atoms with van der Waals surface area (Å²) in [5.41, 5.74) is 0. The van der Waals surface area contributed by atoms with Crippen LogP contribution in [0.5, 0.6) is 0 Å². The van der Waals surface area contributed by atoms with Crippen molar-refractivity contribution in [3.8, 4) is 0 Å². The van der Waals surface area contributed by atoms with Crippen LogP contribution in [0.15, 0.2) is 0 Å². The lowest BCUT2D eigenvalue weighted by Gasteiger charge is -2.06. The lowest BCUT2D eigenvalue weighted by Crippen LogP contribution is -2.16. The zero-order chi connectivity index (χ0) is 9.94. The van der Waals surface area contributed by atoms with E-state index in [1.165, 1.54) is 0 Å². The Morgan fingerprint density at radius 2 is 1.38 bits per heavy atom. The standard InChI is InChI=1S/C7H16O6/c8-1-2-11-3-4-12-5-6-13-7(9)10/h7-10H,1-6H2. The first-order valence-electron chi connectivity index (χ1n) is 4.01. The SMILES string of the molecule is OCCOCCOCCOC(O)O. The molecule has 0 aromatic heterocycles. The monoisotopic (exact) mass is 196 g/mol. The van der Waals surface area contributed by atoms with Crippen molar-refractivity contribution in [2.45, 2.75) is 6.48 Å². The third-order valence-corrected chi connectivity index (χ3v) is 1.10.